The first-order valence-corrected chi connectivity index (χ1v) is 6.68. The second-order valence-electron chi connectivity index (χ2n) is 4.09. The number of benzene rings is 1. The Morgan fingerprint density at radius 2 is 2.00 bits per heavy atom. The molecule has 0 heterocycles. The number of nitrogens with one attached hydrogen (secondary N) is 1. The standard InChI is InChI=1S/C12H17ClN2OS.ClH/c1-7(2)17-11-5-4-9(13)6-10(11)15-12(16)8(3)14;/h4-8H,14H2,1-3H3,(H,15,16);1H/t8-;/m0./s1. The molecule has 0 aromatic heterocycles. The van der Waals surface area contributed by atoms with Crippen molar-refractivity contribution in [3.63, 3.8) is 0 Å². The van der Waals surface area contributed by atoms with Gasteiger partial charge >= 0.3 is 0 Å². The Balaban J connectivity index is 0.00000289. The van der Waals surface area contributed by atoms with E-state index < -0.39 is 6.04 Å². The number of hydrogen-bond acceptors (Lipinski definition) is 3. The van der Waals surface area contributed by atoms with Crippen molar-refractivity contribution >= 4 is 47.4 Å². The van der Waals surface area contributed by atoms with Crippen LogP contribution in [0, 0.1) is 0 Å². The van der Waals surface area contributed by atoms with Crippen molar-refractivity contribution in [2.75, 3.05) is 5.32 Å². The Morgan fingerprint density at radius 1 is 1.39 bits per heavy atom. The third-order valence-electron chi connectivity index (χ3n) is 1.98. The smallest absolute Gasteiger partial charge is 0.241 e. The minimum atomic E-state index is -0.536. The third kappa shape index (κ3) is 5.48. The minimum Gasteiger partial charge on any atom is -0.324 e. The topological polar surface area (TPSA) is 55.1 Å². The predicted molar refractivity (Wildman–Crippen MR) is 82.0 cm³/mol. The molecular formula is C12H18Cl2N2OS. The van der Waals surface area contributed by atoms with Crippen LogP contribution in [0.4, 0.5) is 5.69 Å². The molecule has 6 heteroatoms. The van der Waals surface area contributed by atoms with Crippen LogP contribution in [0.25, 0.3) is 0 Å². The van der Waals surface area contributed by atoms with E-state index in [1.807, 2.05) is 12.1 Å². The quantitative estimate of drug-likeness (QED) is 0.836. The van der Waals surface area contributed by atoms with Gasteiger partial charge in [0.25, 0.3) is 0 Å². The van der Waals surface area contributed by atoms with Crippen LogP contribution in [0.15, 0.2) is 23.1 Å². The first-order chi connectivity index (χ1) is 7.90. The van der Waals surface area contributed by atoms with Gasteiger partial charge in [-0.05, 0) is 25.1 Å². The summed E-state index contributed by atoms with van der Waals surface area (Å²) in [6.07, 6.45) is 0. The first-order valence-electron chi connectivity index (χ1n) is 5.43. The molecule has 0 bridgehead atoms. The Labute approximate surface area is 123 Å². The molecule has 1 aromatic carbocycles. The summed E-state index contributed by atoms with van der Waals surface area (Å²) in [5.74, 6) is -0.210. The molecule has 1 amide bonds. The largest absolute Gasteiger partial charge is 0.324 e. The Kier molecular flexibility index (Phi) is 7.71. The van der Waals surface area contributed by atoms with Crippen molar-refractivity contribution in [1.29, 1.82) is 0 Å². The van der Waals surface area contributed by atoms with Crippen LogP contribution in [-0.2, 0) is 4.79 Å². The lowest BCUT2D eigenvalue weighted by Gasteiger charge is -2.14. The Bertz CT molecular complexity index is 411. The SMILES string of the molecule is CC(C)Sc1ccc(Cl)cc1NC(=O)[C@H](C)N.Cl. The van der Waals surface area contributed by atoms with Crippen molar-refractivity contribution < 1.29 is 4.79 Å². The fraction of sp³-hybridized carbons (Fsp3) is 0.417. The summed E-state index contributed by atoms with van der Waals surface area (Å²) in [7, 11) is 0. The molecular weight excluding hydrogens is 291 g/mol. The molecule has 0 aliphatic carbocycles. The highest BCUT2D eigenvalue weighted by Gasteiger charge is 2.12. The minimum absolute atomic E-state index is 0. The van der Waals surface area contributed by atoms with Crippen LogP contribution in [0.3, 0.4) is 0 Å². The molecule has 0 aliphatic heterocycles. The summed E-state index contributed by atoms with van der Waals surface area (Å²) >= 11 is 7.60. The van der Waals surface area contributed by atoms with Gasteiger partial charge in [-0.2, -0.15) is 0 Å². The van der Waals surface area contributed by atoms with E-state index in [4.69, 9.17) is 17.3 Å². The molecule has 0 radical (unpaired) electrons. The summed E-state index contributed by atoms with van der Waals surface area (Å²) in [6, 6.07) is 4.93. The fourth-order valence-corrected chi connectivity index (χ4v) is 2.27. The van der Waals surface area contributed by atoms with E-state index in [0.717, 1.165) is 10.6 Å². The van der Waals surface area contributed by atoms with Gasteiger partial charge in [-0.1, -0.05) is 25.4 Å². The summed E-state index contributed by atoms with van der Waals surface area (Å²) < 4.78 is 0. The highest BCUT2D eigenvalue weighted by molar-refractivity contribution is 8.00. The van der Waals surface area contributed by atoms with Gasteiger partial charge in [0.1, 0.15) is 0 Å². The maximum absolute atomic E-state index is 11.6. The monoisotopic (exact) mass is 308 g/mol. The van der Waals surface area contributed by atoms with Crippen LogP contribution in [0.1, 0.15) is 20.8 Å². The number of hydrogen-bond donors (Lipinski definition) is 2. The van der Waals surface area contributed by atoms with Crippen LogP contribution < -0.4 is 11.1 Å². The number of nitrogens with two attached hydrogens (primary N) is 1. The van der Waals surface area contributed by atoms with Gasteiger partial charge < -0.3 is 11.1 Å². The number of carbonyl (C=O) groups is 1. The molecule has 18 heavy (non-hydrogen) atoms. The predicted octanol–water partition coefficient (Wildman–Crippen LogP) is 3.55. The van der Waals surface area contributed by atoms with Crippen molar-refractivity contribution in [2.45, 2.75) is 37.0 Å². The number of rotatable bonds is 4. The summed E-state index contributed by atoms with van der Waals surface area (Å²) in [5, 5.41) is 3.81. The molecule has 0 spiro atoms. The van der Waals surface area contributed by atoms with E-state index in [1.54, 1.807) is 24.8 Å². The second-order valence-corrected chi connectivity index (χ2v) is 6.14. The molecule has 0 saturated carbocycles. The maximum atomic E-state index is 11.6. The Morgan fingerprint density at radius 3 is 2.50 bits per heavy atom. The zero-order chi connectivity index (χ0) is 13.0. The van der Waals surface area contributed by atoms with Crippen LogP contribution in [0.2, 0.25) is 5.02 Å². The maximum Gasteiger partial charge on any atom is 0.241 e. The van der Waals surface area contributed by atoms with E-state index in [1.165, 1.54) is 0 Å². The average Bonchev–Trinajstić information content (AvgIpc) is 2.21. The number of anilines is 1. The van der Waals surface area contributed by atoms with E-state index >= 15 is 0 Å². The van der Waals surface area contributed by atoms with Gasteiger partial charge in [0, 0.05) is 15.2 Å². The molecule has 1 rings (SSSR count). The molecule has 0 unspecified atom stereocenters. The molecule has 0 aliphatic rings. The van der Waals surface area contributed by atoms with E-state index in [2.05, 4.69) is 19.2 Å². The lowest BCUT2D eigenvalue weighted by Crippen LogP contribution is -2.32. The lowest BCUT2D eigenvalue weighted by atomic mass is 10.3. The fourth-order valence-electron chi connectivity index (χ4n) is 1.20. The van der Waals surface area contributed by atoms with Crippen molar-refractivity contribution in [2.24, 2.45) is 5.73 Å². The van der Waals surface area contributed by atoms with Crippen molar-refractivity contribution in [3.8, 4) is 0 Å². The third-order valence-corrected chi connectivity index (χ3v) is 3.29. The molecule has 1 atom stereocenters. The summed E-state index contributed by atoms with van der Waals surface area (Å²) in [5.41, 5.74) is 6.24. The zero-order valence-electron chi connectivity index (χ0n) is 10.6. The molecule has 3 nitrogen and oxygen atoms in total. The van der Waals surface area contributed by atoms with E-state index in [9.17, 15) is 4.79 Å². The highest BCUT2D eigenvalue weighted by Crippen LogP contribution is 2.32. The number of amides is 1. The van der Waals surface area contributed by atoms with Crippen LogP contribution in [0.5, 0.6) is 0 Å². The first kappa shape index (κ1) is 17.6. The molecule has 102 valence electrons. The lowest BCUT2D eigenvalue weighted by molar-refractivity contribution is -0.117. The van der Waals surface area contributed by atoms with Gasteiger partial charge in [0.05, 0.1) is 11.7 Å². The molecule has 3 N–H and O–H groups in total. The van der Waals surface area contributed by atoms with Crippen LogP contribution >= 0.6 is 35.8 Å². The van der Waals surface area contributed by atoms with Gasteiger partial charge in [-0.15, -0.1) is 24.2 Å². The zero-order valence-corrected chi connectivity index (χ0v) is 13.0. The van der Waals surface area contributed by atoms with Gasteiger partial charge in [0.15, 0.2) is 0 Å². The molecule has 0 fully saturated rings. The van der Waals surface area contributed by atoms with E-state index in [0.29, 0.717) is 10.3 Å². The number of carbonyl (C=O) groups excluding carboxylic acids is 1. The number of thioether (sulfide) groups is 1. The Hall–Kier alpha value is -0.420. The van der Waals surface area contributed by atoms with Crippen molar-refractivity contribution in [3.05, 3.63) is 23.2 Å². The summed E-state index contributed by atoms with van der Waals surface area (Å²) in [6.45, 7) is 5.84. The van der Waals surface area contributed by atoms with Crippen molar-refractivity contribution in [1.82, 2.24) is 0 Å². The number of halogens is 2. The molecule has 1 aromatic rings. The van der Waals surface area contributed by atoms with Gasteiger partial charge in [0.2, 0.25) is 5.91 Å². The average molecular weight is 309 g/mol. The molecule has 0 saturated heterocycles. The van der Waals surface area contributed by atoms with E-state index in [-0.39, 0.29) is 18.3 Å². The van der Waals surface area contributed by atoms with Gasteiger partial charge in [-0.3, -0.25) is 4.79 Å². The van der Waals surface area contributed by atoms with Crippen LogP contribution in [-0.4, -0.2) is 17.2 Å². The summed E-state index contributed by atoms with van der Waals surface area (Å²) in [4.78, 5) is 12.6. The normalized spacial score (nSPS) is 11.9. The highest BCUT2D eigenvalue weighted by atomic mass is 35.5. The second kappa shape index (κ2) is 7.89. The van der Waals surface area contributed by atoms with Gasteiger partial charge in [-0.25, -0.2) is 0 Å².